The molecule has 3 aromatic rings. The topological polar surface area (TPSA) is 88.4 Å². The zero-order valence-corrected chi connectivity index (χ0v) is 18.8. The third-order valence-electron chi connectivity index (χ3n) is 5.39. The van der Waals surface area contributed by atoms with Crippen molar-refractivity contribution in [2.24, 2.45) is 5.92 Å². The molecule has 0 aliphatic heterocycles. The summed E-state index contributed by atoms with van der Waals surface area (Å²) in [7, 11) is 1.38. The van der Waals surface area contributed by atoms with Gasteiger partial charge in [-0.1, -0.05) is 0 Å². The van der Waals surface area contributed by atoms with Crippen LogP contribution in [0, 0.1) is 5.92 Å². The number of benzene rings is 1. The van der Waals surface area contributed by atoms with Gasteiger partial charge in [-0.3, -0.25) is 9.20 Å². The minimum absolute atomic E-state index is 0.0157. The predicted molar refractivity (Wildman–Crippen MR) is 118 cm³/mol. The van der Waals surface area contributed by atoms with Crippen LogP contribution in [-0.2, 0) is 9.53 Å². The van der Waals surface area contributed by atoms with Gasteiger partial charge in [0.25, 0.3) is 0 Å². The highest BCUT2D eigenvalue weighted by molar-refractivity contribution is 6.02. The van der Waals surface area contributed by atoms with Crippen LogP contribution in [0.3, 0.4) is 0 Å². The molecule has 0 saturated heterocycles. The highest BCUT2D eigenvalue weighted by Gasteiger charge is 2.29. The Bertz CT molecular complexity index is 1210. The first-order valence-electron chi connectivity index (χ1n) is 10.9. The van der Waals surface area contributed by atoms with E-state index in [0.717, 1.165) is 12.8 Å². The summed E-state index contributed by atoms with van der Waals surface area (Å²) in [6.07, 6.45) is 5.38. The Morgan fingerprint density at radius 2 is 1.97 bits per heavy atom. The Labute approximate surface area is 194 Å². The number of fused-ring (bicyclic) bond motifs is 1. The number of carbonyl (C=O) groups excluding carboxylic acids is 2. The average molecular weight is 474 g/mol. The van der Waals surface area contributed by atoms with Crippen LogP contribution in [0.5, 0.6) is 17.2 Å². The van der Waals surface area contributed by atoms with Gasteiger partial charge >= 0.3 is 12.6 Å². The minimum Gasteiger partial charge on any atom is -0.496 e. The van der Waals surface area contributed by atoms with Gasteiger partial charge in [0, 0.05) is 24.2 Å². The second-order valence-electron chi connectivity index (χ2n) is 7.83. The maximum atomic E-state index is 13.2. The summed E-state index contributed by atoms with van der Waals surface area (Å²) >= 11 is 0. The molecule has 0 amide bonds. The number of halogens is 2. The van der Waals surface area contributed by atoms with E-state index in [1.165, 1.54) is 13.2 Å². The molecule has 0 bridgehead atoms. The fourth-order valence-electron chi connectivity index (χ4n) is 3.66. The van der Waals surface area contributed by atoms with Crippen LogP contribution in [-0.4, -0.2) is 48.1 Å². The second kappa shape index (κ2) is 10.1. The van der Waals surface area contributed by atoms with E-state index >= 15 is 0 Å². The normalized spacial score (nSPS) is 13.2. The largest absolute Gasteiger partial charge is 0.496 e. The number of aromatic nitrogens is 2. The molecule has 0 radical (unpaired) electrons. The van der Waals surface area contributed by atoms with Gasteiger partial charge in [0.2, 0.25) is 0 Å². The van der Waals surface area contributed by atoms with Crippen molar-refractivity contribution in [3.63, 3.8) is 0 Å². The summed E-state index contributed by atoms with van der Waals surface area (Å²) < 4.78 is 48.5. The fourth-order valence-corrected chi connectivity index (χ4v) is 3.66. The van der Waals surface area contributed by atoms with E-state index in [-0.39, 0.29) is 48.4 Å². The number of alkyl halides is 2. The van der Waals surface area contributed by atoms with Crippen LogP contribution < -0.4 is 14.2 Å². The van der Waals surface area contributed by atoms with Gasteiger partial charge in [-0.15, -0.1) is 0 Å². The maximum absolute atomic E-state index is 13.2. The van der Waals surface area contributed by atoms with E-state index in [4.69, 9.17) is 18.9 Å². The number of ketones is 1. The van der Waals surface area contributed by atoms with Gasteiger partial charge in [0.15, 0.2) is 12.4 Å². The van der Waals surface area contributed by atoms with Gasteiger partial charge < -0.3 is 18.9 Å². The third-order valence-corrected chi connectivity index (χ3v) is 5.39. The molecule has 1 aliphatic carbocycles. The molecule has 0 unspecified atom stereocenters. The Morgan fingerprint density at radius 1 is 1.21 bits per heavy atom. The Balaban J connectivity index is 1.68. The summed E-state index contributed by atoms with van der Waals surface area (Å²) in [5.41, 5.74) is 1.55. The number of nitrogens with zero attached hydrogens (tertiary/aromatic N) is 2. The standard InChI is InChI=1S/C24H24F2N2O6/c1-3-32-22(30)13-33-16-6-7-28-17(12-27-21(28)11-16)15-9-19(31-2)23(18(29)8-14-4-5-14)20(10-15)34-24(25)26/h6-7,9-12,14,24H,3-5,8,13H2,1-2H3. The lowest BCUT2D eigenvalue weighted by atomic mass is 10.00. The summed E-state index contributed by atoms with van der Waals surface area (Å²) in [5.74, 6) is -0.166. The zero-order chi connectivity index (χ0) is 24.2. The first kappa shape index (κ1) is 23.5. The highest BCUT2D eigenvalue weighted by Crippen LogP contribution is 2.40. The summed E-state index contributed by atoms with van der Waals surface area (Å²) in [5, 5.41) is 0. The van der Waals surface area contributed by atoms with Crippen LogP contribution in [0.25, 0.3) is 16.9 Å². The lowest BCUT2D eigenvalue weighted by molar-refractivity contribution is -0.145. The molecule has 2 aromatic heterocycles. The van der Waals surface area contributed by atoms with Crippen LogP contribution in [0.4, 0.5) is 8.78 Å². The fraction of sp³-hybridized carbons (Fsp3) is 0.375. The van der Waals surface area contributed by atoms with E-state index in [1.807, 2.05) is 0 Å². The first-order valence-corrected chi connectivity index (χ1v) is 10.9. The molecule has 1 saturated carbocycles. The van der Waals surface area contributed by atoms with E-state index in [1.54, 1.807) is 41.9 Å². The van der Waals surface area contributed by atoms with E-state index in [9.17, 15) is 18.4 Å². The van der Waals surface area contributed by atoms with Crippen molar-refractivity contribution >= 4 is 17.4 Å². The molecule has 8 nitrogen and oxygen atoms in total. The molecule has 4 rings (SSSR count). The van der Waals surface area contributed by atoms with E-state index < -0.39 is 12.6 Å². The quantitative estimate of drug-likeness (QED) is 0.298. The number of Topliss-reactive ketones (excluding diaryl/α,β-unsaturated/α-hetero) is 1. The van der Waals surface area contributed by atoms with Crippen molar-refractivity contribution in [3.8, 4) is 28.5 Å². The van der Waals surface area contributed by atoms with Gasteiger partial charge in [-0.2, -0.15) is 8.78 Å². The number of rotatable bonds is 11. The Kier molecular flexibility index (Phi) is 6.95. The monoisotopic (exact) mass is 474 g/mol. The smallest absolute Gasteiger partial charge is 0.387 e. The van der Waals surface area contributed by atoms with E-state index in [0.29, 0.717) is 22.7 Å². The van der Waals surface area contributed by atoms with E-state index in [2.05, 4.69) is 4.98 Å². The number of esters is 1. The lowest BCUT2D eigenvalue weighted by Crippen LogP contribution is -2.14. The van der Waals surface area contributed by atoms with Crippen LogP contribution in [0.15, 0.2) is 36.7 Å². The number of ether oxygens (including phenoxy) is 4. The molecule has 10 heteroatoms. The molecule has 0 N–H and O–H groups in total. The molecule has 1 aliphatic rings. The number of carbonyl (C=O) groups is 2. The lowest BCUT2D eigenvalue weighted by Gasteiger charge is -2.16. The second-order valence-corrected chi connectivity index (χ2v) is 7.83. The van der Waals surface area contributed by atoms with Crippen molar-refractivity contribution in [3.05, 3.63) is 42.2 Å². The summed E-state index contributed by atoms with van der Waals surface area (Å²) in [4.78, 5) is 28.7. The Hall–Kier alpha value is -3.69. The van der Waals surface area contributed by atoms with Gasteiger partial charge in [0.1, 0.15) is 28.5 Å². The molecule has 1 aromatic carbocycles. The molecular formula is C24H24F2N2O6. The van der Waals surface area contributed by atoms with Gasteiger partial charge in [-0.25, -0.2) is 9.78 Å². The SMILES string of the molecule is CCOC(=O)COc1ccn2c(-c3cc(OC)c(C(=O)CC4CC4)c(OC(F)F)c3)cnc2c1. The minimum atomic E-state index is -3.10. The third kappa shape index (κ3) is 5.27. The number of methoxy groups -OCH3 is 1. The summed E-state index contributed by atoms with van der Waals surface area (Å²) in [6.45, 7) is -1.37. The molecule has 34 heavy (non-hydrogen) atoms. The molecule has 1 fully saturated rings. The van der Waals surface area contributed by atoms with Gasteiger partial charge in [-0.05, 0) is 43.9 Å². The molecule has 0 spiro atoms. The number of pyridine rings is 1. The molecule has 2 heterocycles. The maximum Gasteiger partial charge on any atom is 0.387 e. The zero-order valence-electron chi connectivity index (χ0n) is 18.8. The molecule has 180 valence electrons. The number of hydrogen-bond acceptors (Lipinski definition) is 7. The van der Waals surface area contributed by atoms with Crippen molar-refractivity contribution in [2.45, 2.75) is 32.8 Å². The van der Waals surface area contributed by atoms with Crippen molar-refractivity contribution in [1.29, 1.82) is 0 Å². The average Bonchev–Trinajstić information content (AvgIpc) is 3.51. The Morgan fingerprint density at radius 3 is 2.65 bits per heavy atom. The summed E-state index contributed by atoms with van der Waals surface area (Å²) in [6, 6.07) is 6.26. The van der Waals surface area contributed by atoms with Crippen molar-refractivity contribution in [1.82, 2.24) is 9.38 Å². The van der Waals surface area contributed by atoms with Crippen molar-refractivity contribution < 1.29 is 37.3 Å². The highest BCUT2D eigenvalue weighted by atomic mass is 19.3. The number of hydrogen-bond donors (Lipinski definition) is 0. The molecular weight excluding hydrogens is 450 g/mol. The van der Waals surface area contributed by atoms with Crippen molar-refractivity contribution in [2.75, 3.05) is 20.3 Å². The van der Waals surface area contributed by atoms with Crippen LogP contribution in [0.1, 0.15) is 36.5 Å². The van der Waals surface area contributed by atoms with Crippen LogP contribution >= 0.6 is 0 Å². The first-order chi connectivity index (χ1) is 16.4. The van der Waals surface area contributed by atoms with Crippen LogP contribution in [0.2, 0.25) is 0 Å². The predicted octanol–water partition coefficient (Wildman–Crippen LogP) is 4.54. The van der Waals surface area contributed by atoms with Gasteiger partial charge in [0.05, 0.1) is 25.6 Å². The molecule has 0 atom stereocenters. The number of imidazole rings is 1.